The van der Waals surface area contributed by atoms with Crippen molar-refractivity contribution in [1.29, 1.82) is 0 Å². The Bertz CT molecular complexity index is 556. The van der Waals surface area contributed by atoms with Crippen LogP contribution < -0.4 is 5.56 Å². The van der Waals surface area contributed by atoms with Crippen molar-refractivity contribution in [2.24, 2.45) is 0 Å². The van der Waals surface area contributed by atoms with Crippen LogP contribution in [-0.4, -0.2) is 11.2 Å². The third-order valence-electron chi connectivity index (χ3n) is 2.68. The van der Waals surface area contributed by atoms with Crippen LogP contribution in [0.25, 0.3) is 5.69 Å². The van der Waals surface area contributed by atoms with E-state index >= 15 is 0 Å². The molecule has 2 aromatic rings. The fourth-order valence-electron chi connectivity index (χ4n) is 1.74. The van der Waals surface area contributed by atoms with Gasteiger partial charge in [0.15, 0.2) is 0 Å². The maximum Gasteiger partial charge on any atom is 0.255 e. The minimum Gasteiger partial charge on any atom is -0.368 e. The zero-order chi connectivity index (χ0) is 11.0. The van der Waals surface area contributed by atoms with Gasteiger partial charge in [0.05, 0.1) is 6.61 Å². The fourth-order valence-corrected chi connectivity index (χ4v) is 1.74. The molecule has 0 aliphatic carbocycles. The van der Waals surface area contributed by atoms with Gasteiger partial charge in [-0.3, -0.25) is 9.36 Å². The summed E-state index contributed by atoms with van der Waals surface area (Å²) in [7, 11) is 0. The third kappa shape index (κ3) is 1.66. The molecule has 1 aliphatic heterocycles. The molecule has 16 heavy (non-hydrogen) atoms. The van der Waals surface area contributed by atoms with E-state index in [1.807, 2.05) is 36.4 Å². The molecule has 3 heteroatoms. The summed E-state index contributed by atoms with van der Waals surface area (Å²) in [5, 5.41) is 0. The molecule has 0 bridgehead atoms. The Morgan fingerprint density at radius 2 is 1.94 bits per heavy atom. The lowest BCUT2D eigenvalue weighted by Gasteiger charge is -2.05. The van der Waals surface area contributed by atoms with Crippen molar-refractivity contribution in [3.8, 4) is 5.69 Å². The van der Waals surface area contributed by atoms with E-state index in [4.69, 9.17) is 4.74 Å². The molecule has 1 saturated heterocycles. The molecular weight excluding hydrogens is 202 g/mol. The van der Waals surface area contributed by atoms with Crippen LogP contribution in [0.3, 0.4) is 0 Å². The minimum atomic E-state index is -0.0146. The molecule has 1 aromatic carbocycles. The first-order chi connectivity index (χ1) is 7.84. The van der Waals surface area contributed by atoms with E-state index in [-0.39, 0.29) is 11.7 Å². The largest absolute Gasteiger partial charge is 0.368 e. The van der Waals surface area contributed by atoms with Gasteiger partial charge in [-0.15, -0.1) is 0 Å². The van der Waals surface area contributed by atoms with E-state index in [9.17, 15) is 4.79 Å². The second kappa shape index (κ2) is 3.61. The average molecular weight is 213 g/mol. The molecule has 1 fully saturated rings. The number of nitrogens with zero attached hydrogens (tertiary/aromatic N) is 1. The first-order valence-corrected chi connectivity index (χ1v) is 5.24. The van der Waals surface area contributed by atoms with Gasteiger partial charge in [0.2, 0.25) is 0 Å². The summed E-state index contributed by atoms with van der Waals surface area (Å²) in [6.07, 6.45) is 1.94. The van der Waals surface area contributed by atoms with Crippen LogP contribution in [-0.2, 0) is 4.74 Å². The lowest BCUT2D eigenvalue weighted by Crippen LogP contribution is -2.16. The molecule has 80 valence electrons. The maximum atomic E-state index is 11.9. The summed E-state index contributed by atoms with van der Waals surface area (Å²) < 4.78 is 6.78. The van der Waals surface area contributed by atoms with Gasteiger partial charge in [-0.25, -0.2) is 0 Å². The molecule has 2 heterocycles. The number of ether oxygens (including phenoxy) is 1. The van der Waals surface area contributed by atoms with Crippen LogP contribution in [0, 0.1) is 0 Å². The predicted octanol–water partition coefficient (Wildman–Crippen LogP) is 1.91. The number of para-hydroxylation sites is 1. The number of epoxide rings is 1. The normalized spacial score (nSPS) is 18.4. The highest BCUT2D eigenvalue weighted by atomic mass is 16.6. The van der Waals surface area contributed by atoms with Crippen molar-refractivity contribution < 1.29 is 4.74 Å². The smallest absolute Gasteiger partial charge is 0.255 e. The highest BCUT2D eigenvalue weighted by Crippen LogP contribution is 2.28. The summed E-state index contributed by atoms with van der Waals surface area (Å²) in [6.45, 7) is 0.731. The van der Waals surface area contributed by atoms with E-state index in [1.54, 1.807) is 16.8 Å². The molecule has 0 spiro atoms. The number of benzene rings is 1. The molecule has 0 amide bonds. The van der Waals surface area contributed by atoms with Crippen LogP contribution in [0.15, 0.2) is 53.5 Å². The second-order valence-electron chi connectivity index (χ2n) is 3.83. The van der Waals surface area contributed by atoms with Crippen molar-refractivity contribution in [2.45, 2.75) is 6.10 Å². The average Bonchev–Trinajstić information content (AvgIpc) is 3.14. The standard InChI is InChI=1S/C13H11NO2/c15-13-8-10(12-9-16-12)6-7-14(13)11-4-2-1-3-5-11/h1-8,12H,9H2. The summed E-state index contributed by atoms with van der Waals surface area (Å²) >= 11 is 0. The van der Waals surface area contributed by atoms with Crippen molar-refractivity contribution in [3.63, 3.8) is 0 Å². The van der Waals surface area contributed by atoms with Gasteiger partial charge < -0.3 is 4.74 Å². The number of hydrogen-bond acceptors (Lipinski definition) is 2. The van der Waals surface area contributed by atoms with Crippen molar-refractivity contribution >= 4 is 0 Å². The van der Waals surface area contributed by atoms with Crippen molar-refractivity contribution in [3.05, 3.63) is 64.6 Å². The molecule has 3 nitrogen and oxygen atoms in total. The molecule has 0 N–H and O–H groups in total. The number of aromatic nitrogens is 1. The van der Waals surface area contributed by atoms with Crippen molar-refractivity contribution in [1.82, 2.24) is 4.57 Å². The lowest BCUT2D eigenvalue weighted by molar-refractivity contribution is 0.415. The molecule has 1 unspecified atom stereocenters. The molecule has 1 atom stereocenters. The Hall–Kier alpha value is -1.87. The zero-order valence-electron chi connectivity index (χ0n) is 8.67. The quantitative estimate of drug-likeness (QED) is 0.714. The van der Waals surface area contributed by atoms with E-state index < -0.39 is 0 Å². The van der Waals surface area contributed by atoms with Gasteiger partial charge in [-0.2, -0.15) is 0 Å². The van der Waals surface area contributed by atoms with Gasteiger partial charge >= 0.3 is 0 Å². The molecule has 1 aliphatic rings. The van der Waals surface area contributed by atoms with E-state index in [0.717, 1.165) is 17.9 Å². The Morgan fingerprint density at radius 1 is 1.19 bits per heavy atom. The summed E-state index contributed by atoms with van der Waals surface area (Å²) in [5.74, 6) is 0. The minimum absolute atomic E-state index is 0.0146. The Morgan fingerprint density at radius 3 is 2.56 bits per heavy atom. The van der Waals surface area contributed by atoms with Gasteiger partial charge in [0.1, 0.15) is 6.10 Å². The number of rotatable bonds is 2. The van der Waals surface area contributed by atoms with Gasteiger partial charge in [-0.05, 0) is 23.8 Å². The molecular formula is C13H11NO2. The molecule has 1 aromatic heterocycles. The first kappa shape index (κ1) is 9.36. The highest BCUT2D eigenvalue weighted by Gasteiger charge is 2.25. The molecule has 0 radical (unpaired) electrons. The highest BCUT2D eigenvalue weighted by molar-refractivity contribution is 5.33. The van der Waals surface area contributed by atoms with Gasteiger partial charge in [0.25, 0.3) is 5.56 Å². The molecule has 3 rings (SSSR count). The Labute approximate surface area is 92.9 Å². The zero-order valence-corrected chi connectivity index (χ0v) is 8.67. The van der Waals surface area contributed by atoms with Gasteiger partial charge in [0, 0.05) is 18.0 Å². The van der Waals surface area contributed by atoms with Crippen LogP contribution in [0.5, 0.6) is 0 Å². The lowest BCUT2D eigenvalue weighted by atomic mass is 10.2. The van der Waals surface area contributed by atoms with E-state index in [2.05, 4.69) is 0 Å². The monoisotopic (exact) mass is 213 g/mol. The fraction of sp³-hybridized carbons (Fsp3) is 0.154. The van der Waals surface area contributed by atoms with E-state index in [1.165, 1.54) is 0 Å². The van der Waals surface area contributed by atoms with E-state index in [0.29, 0.717) is 0 Å². The van der Waals surface area contributed by atoms with Crippen LogP contribution in [0.1, 0.15) is 11.7 Å². The summed E-state index contributed by atoms with van der Waals surface area (Å²) in [5.41, 5.74) is 1.84. The summed E-state index contributed by atoms with van der Waals surface area (Å²) in [6, 6.07) is 13.2. The van der Waals surface area contributed by atoms with Gasteiger partial charge in [-0.1, -0.05) is 18.2 Å². The Balaban J connectivity index is 2.05. The number of hydrogen-bond donors (Lipinski definition) is 0. The molecule has 0 saturated carbocycles. The van der Waals surface area contributed by atoms with Crippen LogP contribution >= 0.6 is 0 Å². The number of pyridine rings is 1. The third-order valence-corrected chi connectivity index (χ3v) is 2.68. The second-order valence-corrected chi connectivity index (χ2v) is 3.83. The van der Waals surface area contributed by atoms with Crippen LogP contribution in [0.2, 0.25) is 0 Å². The first-order valence-electron chi connectivity index (χ1n) is 5.24. The Kier molecular flexibility index (Phi) is 2.11. The summed E-state index contributed by atoms with van der Waals surface area (Å²) in [4.78, 5) is 11.9. The topological polar surface area (TPSA) is 34.5 Å². The predicted molar refractivity (Wildman–Crippen MR) is 60.7 cm³/mol. The maximum absolute atomic E-state index is 11.9. The van der Waals surface area contributed by atoms with Crippen molar-refractivity contribution in [2.75, 3.05) is 6.61 Å². The SMILES string of the molecule is O=c1cc(C2CO2)ccn1-c1ccccc1. The van der Waals surface area contributed by atoms with Crippen LogP contribution in [0.4, 0.5) is 0 Å².